The number of sulfonamides is 2. The number of benzene rings is 4. The maximum Gasteiger partial charge on any atom is 0.423 e. The van der Waals surface area contributed by atoms with Gasteiger partial charge in [0.1, 0.15) is 42.0 Å². The topological polar surface area (TPSA) is 321 Å². The van der Waals surface area contributed by atoms with Crippen molar-refractivity contribution in [3.05, 3.63) is 140 Å². The first-order valence-corrected chi connectivity index (χ1v) is 32.7. The highest BCUT2D eigenvalue weighted by Gasteiger charge is 2.45. The SMILES string of the molecule is C=CC(=O)N(c1ccc(F)cc1Cl)S(=O)(=O)N1CCC[C@H]1C(=O)OC.COC(=O)[C@@H]1CCCN1S(=O)(=O)Cc1ccc(F)cc1Cl.Nc1ccc(F)cc1Cl.O=C1OCCN1S(=O)(=O)Cc1ccc(F)cc1Cl.O=C=NS(=O)(=O)Cl.OCCBr. The number of isocyanates is 1. The lowest BCUT2D eigenvalue weighted by Gasteiger charge is -2.29. The van der Waals surface area contributed by atoms with E-state index in [1.54, 1.807) is 0 Å². The predicted octanol–water partition coefficient (Wildman–Crippen LogP) is 7.83. The predicted molar refractivity (Wildman–Crippen MR) is 307 cm³/mol. The Morgan fingerprint density at radius 1 is 0.750 bits per heavy atom. The molecule has 37 heteroatoms. The molecule has 3 fully saturated rings. The summed E-state index contributed by atoms with van der Waals surface area (Å²) in [5, 5.41) is 8.56. The zero-order chi connectivity index (χ0) is 63.9. The average molecular weight is 1430 g/mol. The first-order valence-electron chi connectivity index (χ1n) is 23.2. The summed E-state index contributed by atoms with van der Waals surface area (Å²) in [7, 11) is -9.29. The first kappa shape index (κ1) is 74.9. The van der Waals surface area contributed by atoms with Crippen LogP contribution < -0.4 is 10.0 Å². The van der Waals surface area contributed by atoms with E-state index in [9.17, 15) is 70.4 Å². The molecule has 0 spiro atoms. The van der Waals surface area contributed by atoms with Gasteiger partial charge in [-0.15, -0.1) is 0 Å². The van der Waals surface area contributed by atoms with E-state index in [1.165, 1.54) is 37.4 Å². The lowest BCUT2D eigenvalue weighted by Crippen LogP contribution is -2.50. The van der Waals surface area contributed by atoms with Crippen LogP contribution in [0.3, 0.4) is 0 Å². The molecule has 3 N–H and O–H groups in total. The van der Waals surface area contributed by atoms with Crippen LogP contribution in [0.2, 0.25) is 20.1 Å². The Bertz CT molecular complexity index is 3510. The van der Waals surface area contributed by atoms with Crippen LogP contribution >= 0.6 is 73.0 Å². The van der Waals surface area contributed by atoms with Gasteiger partial charge in [0.05, 0.1) is 60.3 Å². The van der Waals surface area contributed by atoms with E-state index >= 15 is 0 Å². The Kier molecular flexibility index (Phi) is 31.1. The number of nitrogens with two attached hydrogens (primary N) is 1. The van der Waals surface area contributed by atoms with Gasteiger partial charge in [0.2, 0.25) is 20.0 Å². The van der Waals surface area contributed by atoms with Crippen molar-refractivity contribution in [3.8, 4) is 0 Å². The number of hydrogen-bond acceptors (Lipinski definition) is 18. The molecule has 0 unspecified atom stereocenters. The molecule has 3 aliphatic rings. The summed E-state index contributed by atoms with van der Waals surface area (Å²) in [4.78, 5) is 56.0. The lowest BCUT2D eigenvalue weighted by atomic mass is 10.2. The molecular weight excluding hydrogens is 1380 g/mol. The number of aliphatic hydroxyl groups excluding tert-OH is 1. The van der Waals surface area contributed by atoms with Crippen LogP contribution in [0, 0.1) is 23.3 Å². The van der Waals surface area contributed by atoms with Crippen molar-refractivity contribution in [1.29, 1.82) is 0 Å². The number of carbonyl (C=O) groups is 4. The third-order valence-electron chi connectivity index (χ3n) is 10.7. The summed E-state index contributed by atoms with van der Waals surface area (Å²) >= 11 is 26.0. The summed E-state index contributed by atoms with van der Waals surface area (Å²) in [6, 6.07) is 11.9. The number of esters is 2. The van der Waals surface area contributed by atoms with Crippen molar-refractivity contribution >= 4 is 154 Å². The molecule has 3 saturated heterocycles. The van der Waals surface area contributed by atoms with Gasteiger partial charge in [0, 0.05) is 39.1 Å². The third kappa shape index (κ3) is 23.2. The van der Waals surface area contributed by atoms with E-state index in [2.05, 4.69) is 51.8 Å². The van der Waals surface area contributed by atoms with Crippen LogP contribution in [0.25, 0.3) is 0 Å². The largest absolute Gasteiger partial charge is 0.468 e. The number of aliphatic hydroxyl groups is 1. The highest BCUT2D eigenvalue weighted by Crippen LogP contribution is 2.34. The average Bonchev–Trinajstić information content (AvgIpc) is 3.55. The van der Waals surface area contributed by atoms with E-state index in [0.29, 0.717) is 44.5 Å². The minimum absolute atomic E-state index is 0.00568. The quantitative estimate of drug-likeness (QED) is 0.0140. The van der Waals surface area contributed by atoms with Crippen molar-refractivity contribution in [2.24, 2.45) is 4.40 Å². The number of nitrogen functional groups attached to an aromatic ring is 1. The van der Waals surface area contributed by atoms with Crippen molar-refractivity contribution < 1.29 is 94.5 Å². The number of cyclic esters (lactones) is 1. The van der Waals surface area contributed by atoms with Gasteiger partial charge in [-0.1, -0.05) is 85.4 Å². The van der Waals surface area contributed by atoms with E-state index in [4.69, 9.17) is 62.0 Å². The van der Waals surface area contributed by atoms with Crippen LogP contribution in [-0.4, -0.2) is 146 Å². The standard InChI is InChI=1S/C15H16ClFN2O5S.C13H15ClFNO4S.C10H9ClFNO4S.C6H5ClFN.C2H5BrO.CClNO3S/c1-3-14(20)19(12-7-6-10(17)9-11(12)16)25(22,23)18-8-4-5-13(18)15(21)24-2;1-20-13(17)12-3-2-6-16(12)21(18,19)8-9-4-5-10(15)7-11(9)14;11-9-5-8(12)2-1-7(9)6-18(15,16)13-3-4-17-10(13)14;7-5-3-4(8)1-2-6(5)9;3-1-2-4;2-7(5,6)3-1-4/h3,6-7,9,13H,1,4-5,8H2,2H3;4-5,7,12H,2-3,6,8H2,1H3;1-2,5H,3-4,6H2;1-3H,9H2;4H,1-2H2;/t13-;12-;;;;/m00..../s1. The summed E-state index contributed by atoms with van der Waals surface area (Å²) in [6.07, 6.45) is 2.37. The molecule has 0 radical (unpaired) electrons. The van der Waals surface area contributed by atoms with Gasteiger partial charge in [0.15, 0.2) is 0 Å². The van der Waals surface area contributed by atoms with Crippen molar-refractivity contribution in [1.82, 2.24) is 12.9 Å². The molecule has 2 atom stereocenters. The smallest absolute Gasteiger partial charge is 0.423 e. The Morgan fingerprint density at radius 3 is 1.55 bits per heavy atom. The fraction of sp³-hybridized carbons (Fsp3) is 0.340. The second kappa shape index (κ2) is 34.8. The third-order valence-corrected chi connectivity index (χ3v) is 18.3. The van der Waals surface area contributed by atoms with Crippen LogP contribution in [0.4, 0.5) is 33.7 Å². The molecule has 7 rings (SSSR count). The zero-order valence-corrected chi connectivity index (χ0v) is 52.2. The molecule has 0 aromatic heterocycles. The maximum absolute atomic E-state index is 13.3. The van der Waals surface area contributed by atoms with Crippen molar-refractivity contribution in [3.63, 3.8) is 0 Å². The number of halogens is 10. The minimum atomic E-state index is -4.47. The van der Waals surface area contributed by atoms with Crippen LogP contribution in [0.5, 0.6) is 0 Å². The Balaban J connectivity index is 0.000000372. The fourth-order valence-electron chi connectivity index (χ4n) is 7.03. The molecule has 464 valence electrons. The zero-order valence-electron chi connectivity index (χ0n) is 43.6. The second-order valence-corrected chi connectivity index (χ2v) is 26.5. The molecule has 23 nitrogen and oxygen atoms in total. The highest BCUT2D eigenvalue weighted by atomic mass is 79.9. The summed E-state index contributed by atoms with van der Waals surface area (Å²) in [5.41, 5.74) is 5.99. The number of nitrogens with zero attached hydrogens (tertiary/aromatic N) is 5. The van der Waals surface area contributed by atoms with Crippen LogP contribution in [-0.2, 0) is 84.4 Å². The molecular formula is C47H50BrCl5F4N6O17S4. The molecule has 2 amide bonds. The molecule has 84 heavy (non-hydrogen) atoms. The van der Waals surface area contributed by atoms with E-state index in [-0.39, 0.29) is 82.2 Å². The van der Waals surface area contributed by atoms with Gasteiger partial charge >= 0.3 is 37.5 Å². The van der Waals surface area contributed by atoms with E-state index in [0.717, 1.165) is 70.3 Å². The number of ether oxygens (including phenoxy) is 3. The van der Waals surface area contributed by atoms with Gasteiger partial charge in [0.25, 0.3) is 12.0 Å². The summed E-state index contributed by atoms with van der Waals surface area (Å²) in [6.45, 7) is 3.84. The van der Waals surface area contributed by atoms with E-state index in [1.807, 2.05) is 0 Å². The maximum atomic E-state index is 13.3. The number of hydrogen-bond donors (Lipinski definition) is 2. The fourth-order valence-corrected chi connectivity index (χ4v) is 13.3. The second-order valence-electron chi connectivity index (χ2n) is 16.3. The molecule has 4 aromatic carbocycles. The number of alkyl halides is 1. The minimum Gasteiger partial charge on any atom is -0.468 e. The highest BCUT2D eigenvalue weighted by molar-refractivity contribution is 9.09. The number of carbonyl (C=O) groups excluding carboxylic acids is 5. The molecule has 4 aromatic rings. The van der Waals surface area contributed by atoms with Crippen LogP contribution in [0.1, 0.15) is 36.8 Å². The number of rotatable bonds is 14. The van der Waals surface area contributed by atoms with Crippen molar-refractivity contribution in [2.75, 3.05) is 62.4 Å². The van der Waals surface area contributed by atoms with Gasteiger partial charge in [-0.3, -0.25) is 14.4 Å². The Labute approximate surface area is 513 Å². The Hall–Kier alpha value is -5.19. The van der Waals surface area contributed by atoms with Gasteiger partial charge < -0.3 is 25.1 Å². The molecule has 0 bridgehead atoms. The van der Waals surface area contributed by atoms with Gasteiger partial charge in [-0.25, -0.2) is 48.3 Å². The monoisotopic (exact) mass is 1430 g/mol. The molecule has 0 saturated carbocycles. The number of methoxy groups -OCH3 is 2. The summed E-state index contributed by atoms with van der Waals surface area (Å²) in [5.74, 6) is -5.26. The number of anilines is 2. The Morgan fingerprint density at radius 2 is 1.18 bits per heavy atom. The van der Waals surface area contributed by atoms with E-state index < -0.39 is 98.7 Å². The van der Waals surface area contributed by atoms with Crippen molar-refractivity contribution in [2.45, 2.75) is 49.3 Å². The van der Waals surface area contributed by atoms with Gasteiger partial charge in [-0.2, -0.15) is 29.8 Å². The van der Waals surface area contributed by atoms with Crippen LogP contribution in [0.15, 0.2) is 89.8 Å². The molecule has 0 aliphatic carbocycles. The molecule has 3 aliphatic heterocycles. The number of amides is 2. The first-order chi connectivity index (χ1) is 39.2. The normalized spacial score (nSPS) is 15.9. The molecule has 3 heterocycles. The lowest BCUT2D eigenvalue weighted by molar-refractivity contribution is -0.145. The van der Waals surface area contributed by atoms with Gasteiger partial charge in [-0.05, 0) is 104 Å². The summed E-state index contributed by atoms with van der Waals surface area (Å²) < 4.78 is 164.